The normalized spacial score (nSPS) is 11.9. The minimum absolute atomic E-state index is 0.0453. The van der Waals surface area contributed by atoms with Crippen LogP contribution in [0, 0.1) is 13.8 Å². The molecule has 4 aromatic rings. The Labute approximate surface area is 201 Å². The van der Waals surface area contributed by atoms with Crippen molar-refractivity contribution in [2.75, 3.05) is 19.5 Å². The number of fused-ring (bicyclic) bond motifs is 1. The molecule has 1 heterocycles. The van der Waals surface area contributed by atoms with Crippen LogP contribution in [-0.4, -0.2) is 25.1 Å². The van der Waals surface area contributed by atoms with Crippen molar-refractivity contribution in [2.45, 2.75) is 39.5 Å². The zero-order chi connectivity index (χ0) is 24.2. The number of carbonyl (C=O) groups is 1. The Bertz CT molecular complexity index is 1300. The summed E-state index contributed by atoms with van der Waals surface area (Å²) in [5.74, 6) is 1.17. The van der Waals surface area contributed by atoms with Crippen molar-refractivity contribution in [2.24, 2.45) is 0 Å². The van der Waals surface area contributed by atoms with E-state index in [1.807, 2.05) is 49.5 Å². The number of hydrogen-bond donors (Lipinski definition) is 2. The number of aromatic nitrogens is 1. The minimum atomic E-state index is -0.184. The largest absolute Gasteiger partial charge is 0.497 e. The van der Waals surface area contributed by atoms with Gasteiger partial charge in [0.2, 0.25) is 5.91 Å². The summed E-state index contributed by atoms with van der Waals surface area (Å²) in [6.45, 7) is 6.26. The van der Waals surface area contributed by atoms with Crippen LogP contribution in [0.4, 0.5) is 5.69 Å². The Morgan fingerprint density at radius 1 is 0.971 bits per heavy atom. The van der Waals surface area contributed by atoms with E-state index in [-0.39, 0.29) is 18.2 Å². The molecule has 0 saturated carbocycles. The molecule has 34 heavy (non-hydrogen) atoms. The summed E-state index contributed by atoms with van der Waals surface area (Å²) in [4.78, 5) is 16.7. The van der Waals surface area contributed by atoms with Gasteiger partial charge in [-0.25, -0.2) is 0 Å². The first kappa shape index (κ1) is 23.4. The maximum Gasteiger partial charge on any atom is 0.225 e. The summed E-state index contributed by atoms with van der Waals surface area (Å²) in [5, 5.41) is 4.22. The van der Waals surface area contributed by atoms with E-state index in [1.54, 1.807) is 14.2 Å². The molecule has 5 heteroatoms. The van der Waals surface area contributed by atoms with E-state index in [0.717, 1.165) is 39.7 Å². The first-order valence-corrected chi connectivity index (χ1v) is 11.6. The van der Waals surface area contributed by atoms with Crippen molar-refractivity contribution in [1.29, 1.82) is 0 Å². The fourth-order valence-electron chi connectivity index (χ4n) is 4.48. The molecule has 1 unspecified atom stereocenters. The SMILES string of the molecule is CCc1cccc2c(C(CC(=O)Nc3ccc(C)c(C)c3)c3cc(OC)cc(OC)c3)c[nH]c12. The van der Waals surface area contributed by atoms with Crippen LogP contribution >= 0.6 is 0 Å². The third kappa shape index (κ3) is 4.79. The van der Waals surface area contributed by atoms with E-state index in [9.17, 15) is 4.79 Å². The van der Waals surface area contributed by atoms with Gasteiger partial charge < -0.3 is 19.8 Å². The summed E-state index contributed by atoms with van der Waals surface area (Å²) in [6.07, 6.45) is 3.25. The second-order valence-corrected chi connectivity index (χ2v) is 8.69. The van der Waals surface area contributed by atoms with Gasteiger partial charge in [-0.2, -0.15) is 0 Å². The van der Waals surface area contributed by atoms with Gasteiger partial charge in [-0.1, -0.05) is 31.2 Å². The van der Waals surface area contributed by atoms with Gasteiger partial charge in [-0.15, -0.1) is 0 Å². The lowest BCUT2D eigenvalue weighted by Crippen LogP contribution is -2.16. The third-order valence-corrected chi connectivity index (χ3v) is 6.55. The maximum atomic E-state index is 13.3. The van der Waals surface area contributed by atoms with E-state index in [0.29, 0.717) is 11.5 Å². The van der Waals surface area contributed by atoms with Gasteiger partial charge >= 0.3 is 0 Å². The number of aryl methyl sites for hydroxylation is 3. The fourth-order valence-corrected chi connectivity index (χ4v) is 4.48. The number of hydrogen-bond acceptors (Lipinski definition) is 3. The molecule has 0 radical (unpaired) electrons. The zero-order valence-electron chi connectivity index (χ0n) is 20.5. The summed E-state index contributed by atoms with van der Waals surface area (Å²) in [6, 6.07) is 18.1. The second-order valence-electron chi connectivity index (χ2n) is 8.69. The molecule has 3 aromatic carbocycles. The Balaban J connectivity index is 1.76. The molecule has 4 rings (SSSR count). The van der Waals surface area contributed by atoms with Crippen molar-refractivity contribution in [1.82, 2.24) is 4.98 Å². The number of methoxy groups -OCH3 is 2. The molecule has 0 saturated heterocycles. The standard InChI is InChI=1S/C29H32N2O3/c1-6-20-8-7-9-25-27(17-30-29(20)25)26(21-13-23(33-4)15-24(14-21)34-5)16-28(32)31-22-11-10-18(2)19(3)12-22/h7-15,17,26,30H,6,16H2,1-5H3,(H,31,32). The molecule has 1 atom stereocenters. The first-order chi connectivity index (χ1) is 16.4. The fraction of sp³-hybridized carbons (Fsp3) is 0.276. The molecule has 176 valence electrons. The zero-order valence-corrected chi connectivity index (χ0v) is 20.5. The number of carbonyl (C=O) groups excluding carboxylic acids is 1. The number of para-hydroxylation sites is 1. The molecule has 1 amide bonds. The molecule has 0 aliphatic heterocycles. The summed E-state index contributed by atoms with van der Waals surface area (Å²) in [5.41, 5.74) is 7.58. The smallest absolute Gasteiger partial charge is 0.225 e. The van der Waals surface area contributed by atoms with E-state index in [2.05, 4.69) is 42.3 Å². The van der Waals surface area contributed by atoms with Crippen LogP contribution in [0.15, 0.2) is 60.8 Å². The molecular formula is C29H32N2O3. The van der Waals surface area contributed by atoms with Crippen LogP contribution in [-0.2, 0) is 11.2 Å². The Hall–Kier alpha value is -3.73. The predicted molar refractivity (Wildman–Crippen MR) is 138 cm³/mol. The lowest BCUT2D eigenvalue weighted by atomic mass is 9.87. The topological polar surface area (TPSA) is 63.4 Å². The monoisotopic (exact) mass is 456 g/mol. The number of anilines is 1. The highest BCUT2D eigenvalue weighted by Crippen LogP contribution is 2.38. The molecule has 0 spiro atoms. The number of rotatable bonds is 8. The van der Waals surface area contributed by atoms with Crippen LogP contribution < -0.4 is 14.8 Å². The molecule has 0 aliphatic rings. The van der Waals surface area contributed by atoms with E-state index in [1.165, 1.54) is 11.1 Å². The summed E-state index contributed by atoms with van der Waals surface area (Å²) < 4.78 is 11.1. The van der Waals surface area contributed by atoms with Crippen molar-refractivity contribution in [3.8, 4) is 11.5 Å². The lowest BCUT2D eigenvalue weighted by molar-refractivity contribution is -0.116. The number of aromatic amines is 1. The average Bonchev–Trinajstić information content (AvgIpc) is 3.28. The number of amides is 1. The Morgan fingerprint density at radius 2 is 1.71 bits per heavy atom. The van der Waals surface area contributed by atoms with Gasteiger partial charge in [-0.3, -0.25) is 4.79 Å². The number of benzene rings is 3. The van der Waals surface area contributed by atoms with Crippen molar-refractivity contribution in [3.05, 3.63) is 88.6 Å². The van der Waals surface area contributed by atoms with Gasteiger partial charge in [0.05, 0.1) is 14.2 Å². The molecule has 2 N–H and O–H groups in total. The third-order valence-electron chi connectivity index (χ3n) is 6.55. The van der Waals surface area contributed by atoms with Gasteiger partial charge in [0, 0.05) is 41.2 Å². The highest BCUT2D eigenvalue weighted by atomic mass is 16.5. The van der Waals surface area contributed by atoms with Crippen molar-refractivity contribution in [3.63, 3.8) is 0 Å². The quantitative estimate of drug-likeness (QED) is 0.317. The van der Waals surface area contributed by atoms with Crippen LogP contribution in [0.5, 0.6) is 11.5 Å². The predicted octanol–water partition coefficient (Wildman–Crippen LogP) is 6.53. The van der Waals surface area contributed by atoms with Crippen LogP contribution in [0.1, 0.15) is 47.1 Å². The van der Waals surface area contributed by atoms with E-state index >= 15 is 0 Å². The molecular weight excluding hydrogens is 424 g/mol. The molecule has 1 aromatic heterocycles. The number of nitrogens with one attached hydrogen (secondary N) is 2. The molecule has 0 aliphatic carbocycles. The highest BCUT2D eigenvalue weighted by molar-refractivity contribution is 5.93. The highest BCUT2D eigenvalue weighted by Gasteiger charge is 2.23. The maximum absolute atomic E-state index is 13.3. The Morgan fingerprint density at radius 3 is 2.35 bits per heavy atom. The first-order valence-electron chi connectivity index (χ1n) is 11.6. The number of ether oxygens (including phenoxy) is 2. The van der Waals surface area contributed by atoms with Crippen LogP contribution in [0.3, 0.4) is 0 Å². The van der Waals surface area contributed by atoms with E-state index < -0.39 is 0 Å². The minimum Gasteiger partial charge on any atom is -0.497 e. The van der Waals surface area contributed by atoms with Gasteiger partial charge in [0.15, 0.2) is 0 Å². The molecule has 5 nitrogen and oxygen atoms in total. The van der Waals surface area contributed by atoms with Gasteiger partial charge in [0.1, 0.15) is 11.5 Å². The second kappa shape index (κ2) is 10.0. The van der Waals surface area contributed by atoms with Crippen molar-refractivity contribution >= 4 is 22.5 Å². The van der Waals surface area contributed by atoms with Crippen LogP contribution in [0.25, 0.3) is 10.9 Å². The molecule has 0 fully saturated rings. The van der Waals surface area contributed by atoms with E-state index in [4.69, 9.17) is 9.47 Å². The average molecular weight is 457 g/mol. The molecule has 0 bridgehead atoms. The van der Waals surface area contributed by atoms with Gasteiger partial charge in [-0.05, 0) is 72.4 Å². The lowest BCUT2D eigenvalue weighted by Gasteiger charge is -2.19. The number of H-pyrrole nitrogens is 1. The summed E-state index contributed by atoms with van der Waals surface area (Å²) in [7, 11) is 3.28. The Kier molecular flexibility index (Phi) is 6.92. The van der Waals surface area contributed by atoms with Crippen LogP contribution in [0.2, 0.25) is 0 Å². The summed E-state index contributed by atoms with van der Waals surface area (Å²) >= 11 is 0. The van der Waals surface area contributed by atoms with Crippen molar-refractivity contribution < 1.29 is 14.3 Å². The van der Waals surface area contributed by atoms with Gasteiger partial charge in [0.25, 0.3) is 0 Å².